The highest BCUT2D eigenvalue weighted by Gasteiger charge is 2.29. The van der Waals surface area contributed by atoms with Crippen molar-refractivity contribution >= 4 is 38.9 Å². The zero-order valence-electron chi connectivity index (χ0n) is 13.5. The zero-order valence-corrected chi connectivity index (χ0v) is 15.1. The zero-order chi connectivity index (χ0) is 17.8. The van der Waals surface area contributed by atoms with E-state index < -0.39 is 0 Å². The number of amides is 1. The summed E-state index contributed by atoms with van der Waals surface area (Å²) in [6.45, 7) is 1.18. The SMILES string of the molecule is O=C(Nc1ccccc1)C1CCCN(c2ccc(Br)cc2[N+](=O)[O-])C1. The molecule has 6 nitrogen and oxygen atoms in total. The van der Waals surface area contributed by atoms with Crippen LogP contribution in [-0.2, 0) is 4.79 Å². The highest BCUT2D eigenvalue weighted by molar-refractivity contribution is 9.10. The van der Waals surface area contributed by atoms with Crippen LogP contribution in [0.1, 0.15) is 12.8 Å². The van der Waals surface area contributed by atoms with Crippen LogP contribution < -0.4 is 10.2 Å². The van der Waals surface area contributed by atoms with Gasteiger partial charge in [0.25, 0.3) is 5.69 Å². The van der Waals surface area contributed by atoms with Crippen molar-refractivity contribution in [2.24, 2.45) is 5.92 Å². The average Bonchev–Trinajstić information content (AvgIpc) is 2.62. The third kappa shape index (κ3) is 4.17. The molecule has 7 heteroatoms. The van der Waals surface area contributed by atoms with Crippen LogP contribution in [0, 0.1) is 16.0 Å². The lowest BCUT2D eigenvalue weighted by Crippen LogP contribution is -2.41. The van der Waals surface area contributed by atoms with Crippen LogP contribution in [0.5, 0.6) is 0 Å². The van der Waals surface area contributed by atoms with E-state index in [-0.39, 0.29) is 22.4 Å². The van der Waals surface area contributed by atoms with E-state index in [0.29, 0.717) is 23.2 Å². The Bertz CT molecular complexity index is 782. The van der Waals surface area contributed by atoms with Crippen molar-refractivity contribution in [3.63, 3.8) is 0 Å². The first-order valence-electron chi connectivity index (χ1n) is 8.09. The van der Waals surface area contributed by atoms with Crippen LogP contribution in [0.4, 0.5) is 17.1 Å². The minimum absolute atomic E-state index is 0.0457. The van der Waals surface area contributed by atoms with Crippen molar-refractivity contribution in [2.75, 3.05) is 23.3 Å². The fourth-order valence-electron chi connectivity index (χ4n) is 3.09. The molecule has 1 fully saturated rings. The maximum Gasteiger partial charge on any atom is 0.293 e. The number of nitro benzene ring substituents is 1. The Morgan fingerprint density at radius 1 is 1.24 bits per heavy atom. The number of benzene rings is 2. The van der Waals surface area contributed by atoms with Crippen molar-refractivity contribution in [1.82, 2.24) is 0 Å². The van der Waals surface area contributed by atoms with Crippen LogP contribution in [0.3, 0.4) is 0 Å². The molecule has 130 valence electrons. The van der Waals surface area contributed by atoms with Gasteiger partial charge in [-0.3, -0.25) is 14.9 Å². The number of rotatable bonds is 4. The number of carbonyl (C=O) groups is 1. The third-order valence-electron chi connectivity index (χ3n) is 4.31. The molecule has 0 radical (unpaired) electrons. The normalized spacial score (nSPS) is 17.2. The monoisotopic (exact) mass is 403 g/mol. The van der Waals surface area contributed by atoms with Crippen molar-refractivity contribution in [3.05, 3.63) is 63.1 Å². The molecule has 2 aromatic rings. The maximum atomic E-state index is 12.5. The van der Waals surface area contributed by atoms with Crippen LogP contribution in [0.25, 0.3) is 0 Å². The summed E-state index contributed by atoms with van der Waals surface area (Å²) in [6.07, 6.45) is 1.60. The summed E-state index contributed by atoms with van der Waals surface area (Å²) in [7, 11) is 0. The number of para-hydroxylation sites is 1. The molecule has 0 spiro atoms. The van der Waals surface area contributed by atoms with E-state index in [4.69, 9.17) is 0 Å². The minimum atomic E-state index is -0.381. The summed E-state index contributed by atoms with van der Waals surface area (Å²) in [6, 6.07) is 14.3. The standard InChI is InChI=1S/C18H18BrN3O3/c19-14-8-9-16(17(11-14)22(24)25)21-10-4-5-13(12-21)18(23)20-15-6-2-1-3-7-15/h1-3,6-9,11,13H,4-5,10,12H2,(H,20,23). The molecule has 1 aliphatic heterocycles. The summed E-state index contributed by atoms with van der Waals surface area (Å²) in [5.74, 6) is -0.243. The number of nitro groups is 1. The van der Waals surface area contributed by atoms with Gasteiger partial charge in [0.15, 0.2) is 0 Å². The van der Waals surface area contributed by atoms with E-state index in [9.17, 15) is 14.9 Å². The molecule has 1 heterocycles. The first kappa shape index (κ1) is 17.4. The Labute approximate surface area is 154 Å². The molecule has 25 heavy (non-hydrogen) atoms. The quantitative estimate of drug-likeness (QED) is 0.612. The number of carbonyl (C=O) groups excluding carboxylic acids is 1. The summed E-state index contributed by atoms with van der Waals surface area (Å²) in [4.78, 5) is 25.4. The van der Waals surface area contributed by atoms with Gasteiger partial charge in [-0.1, -0.05) is 34.1 Å². The first-order chi connectivity index (χ1) is 12.0. The largest absolute Gasteiger partial charge is 0.365 e. The van der Waals surface area contributed by atoms with Crippen LogP contribution in [-0.4, -0.2) is 23.9 Å². The second-order valence-corrected chi connectivity index (χ2v) is 6.95. The van der Waals surface area contributed by atoms with Gasteiger partial charge in [-0.15, -0.1) is 0 Å². The fraction of sp³-hybridized carbons (Fsp3) is 0.278. The van der Waals surface area contributed by atoms with E-state index in [1.54, 1.807) is 12.1 Å². The molecule has 1 N–H and O–H groups in total. The molecule has 1 atom stereocenters. The number of nitrogens with one attached hydrogen (secondary N) is 1. The van der Waals surface area contributed by atoms with E-state index in [2.05, 4.69) is 21.2 Å². The first-order valence-corrected chi connectivity index (χ1v) is 8.88. The number of hydrogen-bond acceptors (Lipinski definition) is 4. The fourth-order valence-corrected chi connectivity index (χ4v) is 3.43. The van der Waals surface area contributed by atoms with Crippen LogP contribution >= 0.6 is 15.9 Å². The smallest absolute Gasteiger partial charge is 0.293 e. The third-order valence-corrected chi connectivity index (χ3v) is 4.80. The average molecular weight is 404 g/mol. The molecule has 3 rings (SSSR count). The predicted octanol–water partition coefficient (Wildman–Crippen LogP) is 4.21. The molecule has 0 bridgehead atoms. The summed E-state index contributed by atoms with van der Waals surface area (Å²) in [5.41, 5.74) is 1.38. The lowest BCUT2D eigenvalue weighted by Gasteiger charge is -2.33. The highest BCUT2D eigenvalue weighted by atomic mass is 79.9. The second-order valence-electron chi connectivity index (χ2n) is 6.03. The summed E-state index contributed by atoms with van der Waals surface area (Å²) >= 11 is 3.27. The number of anilines is 2. The van der Waals surface area contributed by atoms with Crippen LogP contribution in [0.2, 0.25) is 0 Å². The van der Waals surface area contributed by atoms with Crippen molar-refractivity contribution in [3.8, 4) is 0 Å². The van der Waals surface area contributed by atoms with Gasteiger partial charge in [-0.2, -0.15) is 0 Å². The minimum Gasteiger partial charge on any atom is -0.365 e. The van der Waals surface area contributed by atoms with Crippen molar-refractivity contribution < 1.29 is 9.72 Å². The number of halogens is 1. The lowest BCUT2D eigenvalue weighted by atomic mass is 9.96. The Kier molecular flexibility index (Phi) is 5.33. The molecule has 0 aliphatic carbocycles. The molecule has 1 saturated heterocycles. The van der Waals surface area contributed by atoms with Gasteiger partial charge in [0.05, 0.1) is 10.8 Å². The van der Waals surface area contributed by atoms with Gasteiger partial charge in [-0.25, -0.2) is 0 Å². The Hall–Kier alpha value is -2.41. The molecular weight excluding hydrogens is 386 g/mol. The molecular formula is C18H18BrN3O3. The molecule has 2 aromatic carbocycles. The van der Waals surface area contributed by atoms with E-state index in [1.807, 2.05) is 35.2 Å². The molecule has 0 aromatic heterocycles. The van der Waals surface area contributed by atoms with Gasteiger partial charge in [-0.05, 0) is 37.1 Å². The van der Waals surface area contributed by atoms with Gasteiger partial charge in [0.2, 0.25) is 5.91 Å². The van der Waals surface area contributed by atoms with Gasteiger partial charge >= 0.3 is 0 Å². The van der Waals surface area contributed by atoms with Crippen LogP contribution in [0.15, 0.2) is 53.0 Å². The highest BCUT2D eigenvalue weighted by Crippen LogP contribution is 2.34. The van der Waals surface area contributed by atoms with Crippen molar-refractivity contribution in [1.29, 1.82) is 0 Å². The van der Waals surface area contributed by atoms with Crippen molar-refractivity contribution in [2.45, 2.75) is 12.8 Å². The maximum absolute atomic E-state index is 12.5. The Morgan fingerprint density at radius 2 is 2.00 bits per heavy atom. The molecule has 1 aliphatic rings. The van der Waals surface area contributed by atoms with Gasteiger partial charge < -0.3 is 10.2 Å². The number of hydrogen-bond donors (Lipinski definition) is 1. The number of nitrogens with zero attached hydrogens (tertiary/aromatic N) is 2. The summed E-state index contributed by atoms with van der Waals surface area (Å²) in [5, 5.41) is 14.3. The molecule has 1 unspecified atom stereocenters. The molecule has 0 saturated carbocycles. The lowest BCUT2D eigenvalue weighted by molar-refractivity contribution is -0.384. The molecule has 1 amide bonds. The van der Waals surface area contributed by atoms with Gasteiger partial charge in [0.1, 0.15) is 5.69 Å². The predicted molar refractivity (Wildman–Crippen MR) is 101 cm³/mol. The Morgan fingerprint density at radius 3 is 2.72 bits per heavy atom. The summed E-state index contributed by atoms with van der Waals surface area (Å²) < 4.78 is 0.665. The second kappa shape index (κ2) is 7.65. The van der Waals surface area contributed by atoms with E-state index in [0.717, 1.165) is 18.5 Å². The van der Waals surface area contributed by atoms with E-state index >= 15 is 0 Å². The number of piperidine rings is 1. The Balaban J connectivity index is 1.75. The topological polar surface area (TPSA) is 75.5 Å². The van der Waals surface area contributed by atoms with E-state index in [1.165, 1.54) is 6.07 Å². The van der Waals surface area contributed by atoms with Gasteiger partial charge in [0, 0.05) is 29.3 Å².